The number of rotatable bonds is 8. The number of nitrogens with one attached hydrogen (secondary N) is 3. The first-order valence-electron chi connectivity index (χ1n) is 8.99. The smallest absolute Gasteiger partial charge is 0.251 e. The highest BCUT2D eigenvalue weighted by molar-refractivity contribution is 5.99. The second kappa shape index (κ2) is 8.80. The molecule has 7 heteroatoms. The van der Waals surface area contributed by atoms with Crippen LogP contribution in [0.5, 0.6) is 0 Å². The van der Waals surface area contributed by atoms with Gasteiger partial charge in [-0.1, -0.05) is 32.8 Å². The molecule has 7 nitrogen and oxygen atoms in total. The highest BCUT2D eigenvalue weighted by atomic mass is 16.5. The average Bonchev–Trinajstić information content (AvgIpc) is 2.59. The normalized spacial score (nSPS) is 15.0. The van der Waals surface area contributed by atoms with E-state index in [1.165, 1.54) is 0 Å². The molecule has 0 spiro atoms. The lowest BCUT2D eigenvalue weighted by atomic mass is 9.77. The van der Waals surface area contributed by atoms with Crippen LogP contribution in [0.1, 0.15) is 68.3 Å². The molecule has 3 amide bonds. The molecule has 0 radical (unpaired) electrons. The SMILES string of the molecule is CC1(C)CC(=O)Nc2cc(C(=O)NCCCCCCC(=O)NO)ccc21. The Balaban J connectivity index is 1.79. The summed E-state index contributed by atoms with van der Waals surface area (Å²) in [5, 5.41) is 14.1. The van der Waals surface area contributed by atoms with Gasteiger partial charge in [-0.05, 0) is 30.5 Å². The topological polar surface area (TPSA) is 108 Å². The van der Waals surface area contributed by atoms with Crippen LogP contribution in [-0.4, -0.2) is 29.5 Å². The number of hydrogen-bond acceptors (Lipinski definition) is 4. The molecule has 1 heterocycles. The number of carbonyl (C=O) groups excluding carboxylic acids is 3. The zero-order valence-corrected chi connectivity index (χ0v) is 15.4. The van der Waals surface area contributed by atoms with Gasteiger partial charge in [0.05, 0.1) is 0 Å². The predicted molar refractivity (Wildman–Crippen MR) is 98.1 cm³/mol. The van der Waals surface area contributed by atoms with Gasteiger partial charge in [0.2, 0.25) is 11.8 Å². The van der Waals surface area contributed by atoms with Crippen molar-refractivity contribution in [1.29, 1.82) is 0 Å². The van der Waals surface area contributed by atoms with Crippen LogP contribution in [0.3, 0.4) is 0 Å². The highest BCUT2D eigenvalue weighted by Crippen LogP contribution is 2.37. The van der Waals surface area contributed by atoms with Gasteiger partial charge in [0.25, 0.3) is 5.91 Å². The van der Waals surface area contributed by atoms with Crippen molar-refractivity contribution in [2.24, 2.45) is 0 Å². The summed E-state index contributed by atoms with van der Waals surface area (Å²) in [5.41, 5.74) is 3.65. The van der Waals surface area contributed by atoms with E-state index in [9.17, 15) is 14.4 Å². The lowest BCUT2D eigenvalue weighted by Gasteiger charge is -2.32. The van der Waals surface area contributed by atoms with E-state index in [4.69, 9.17) is 5.21 Å². The molecular weight excluding hydrogens is 334 g/mol. The molecule has 0 fully saturated rings. The first-order chi connectivity index (χ1) is 12.3. The molecule has 0 aromatic heterocycles. The first-order valence-corrected chi connectivity index (χ1v) is 8.99. The average molecular weight is 361 g/mol. The summed E-state index contributed by atoms with van der Waals surface area (Å²) < 4.78 is 0. The van der Waals surface area contributed by atoms with E-state index in [0.29, 0.717) is 37.1 Å². The molecule has 0 atom stereocenters. The molecule has 0 aliphatic carbocycles. The minimum absolute atomic E-state index is 0.0325. The molecule has 1 aromatic carbocycles. The number of anilines is 1. The van der Waals surface area contributed by atoms with Gasteiger partial charge in [0, 0.05) is 36.1 Å². The Morgan fingerprint density at radius 3 is 2.65 bits per heavy atom. The van der Waals surface area contributed by atoms with Crippen LogP contribution >= 0.6 is 0 Å². The zero-order valence-electron chi connectivity index (χ0n) is 15.4. The highest BCUT2D eigenvalue weighted by Gasteiger charge is 2.32. The molecule has 2 rings (SSSR count). The van der Waals surface area contributed by atoms with E-state index in [1.807, 2.05) is 19.9 Å². The van der Waals surface area contributed by atoms with Crippen molar-refractivity contribution in [1.82, 2.24) is 10.8 Å². The first kappa shape index (κ1) is 19.9. The van der Waals surface area contributed by atoms with E-state index in [2.05, 4.69) is 10.6 Å². The van der Waals surface area contributed by atoms with E-state index < -0.39 is 0 Å². The van der Waals surface area contributed by atoms with Crippen LogP contribution in [0.4, 0.5) is 5.69 Å². The van der Waals surface area contributed by atoms with Crippen LogP contribution < -0.4 is 16.1 Å². The standard InChI is InChI=1S/C19H27N3O4/c1-19(2)12-17(24)21-15-11-13(8-9-14(15)19)18(25)20-10-6-4-3-5-7-16(23)22-26/h8-9,11,26H,3-7,10,12H2,1-2H3,(H,20,25)(H,21,24)(H,22,23). The van der Waals surface area contributed by atoms with Gasteiger partial charge in [0.15, 0.2) is 0 Å². The molecule has 142 valence electrons. The molecular formula is C19H27N3O4. The van der Waals surface area contributed by atoms with Gasteiger partial charge in [-0.25, -0.2) is 5.48 Å². The van der Waals surface area contributed by atoms with E-state index in [0.717, 1.165) is 24.8 Å². The van der Waals surface area contributed by atoms with Crippen LogP contribution in [0, 0.1) is 0 Å². The van der Waals surface area contributed by atoms with Crippen LogP contribution in [-0.2, 0) is 15.0 Å². The molecule has 0 saturated heterocycles. The van der Waals surface area contributed by atoms with Crippen molar-refractivity contribution < 1.29 is 19.6 Å². The maximum absolute atomic E-state index is 12.3. The van der Waals surface area contributed by atoms with E-state index in [1.54, 1.807) is 17.6 Å². The molecule has 0 bridgehead atoms. The lowest BCUT2D eigenvalue weighted by Crippen LogP contribution is -2.33. The van der Waals surface area contributed by atoms with Gasteiger partial charge < -0.3 is 10.6 Å². The molecule has 1 aliphatic rings. The number of amides is 3. The fourth-order valence-electron chi connectivity index (χ4n) is 3.19. The summed E-state index contributed by atoms with van der Waals surface area (Å²) in [6.07, 6.45) is 4.03. The van der Waals surface area contributed by atoms with Gasteiger partial charge in [-0.2, -0.15) is 0 Å². The Morgan fingerprint density at radius 1 is 1.19 bits per heavy atom. The number of carbonyl (C=O) groups is 3. The Hall–Kier alpha value is -2.41. The summed E-state index contributed by atoms with van der Waals surface area (Å²) >= 11 is 0. The monoisotopic (exact) mass is 361 g/mol. The zero-order chi connectivity index (χ0) is 19.2. The second-order valence-corrected chi connectivity index (χ2v) is 7.32. The minimum atomic E-state index is -0.374. The van der Waals surface area contributed by atoms with E-state index in [-0.39, 0.29) is 23.1 Å². The number of fused-ring (bicyclic) bond motifs is 1. The second-order valence-electron chi connectivity index (χ2n) is 7.32. The Bertz CT molecular complexity index is 685. The van der Waals surface area contributed by atoms with Crippen molar-refractivity contribution in [2.45, 2.75) is 57.8 Å². The maximum atomic E-state index is 12.3. The van der Waals surface area contributed by atoms with Crippen LogP contribution in [0.25, 0.3) is 0 Å². The molecule has 4 N–H and O–H groups in total. The Kier molecular flexibility index (Phi) is 6.74. The fourth-order valence-corrected chi connectivity index (χ4v) is 3.19. The Labute approximate surface area is 153 Å². The van der Waals surface area contributed by atoms with Crippen LogP contribution in [0.15, 0.2) is 18.2 Å². The summed E-state index contributed by atoms with van der Waals surface area (Å²) in [4.78, 5) is 35.0. The number of hydrogen-bond donors (Lipinski definition) is 4. The molecule has 0 saturated carbocycles. The summed E-state index contributed by atoms with van der Waals surface area (Å²) in [5.74, 6) is -0.569. The number of hydroxylamine groups is 1. The van der Waals surface area contributed by atoms with Gasteiger partial charge in [-0.3, -0.25) is 19.6 Å². The number of unbranched alkanes of at least 4 members (excludes halogenated alkanes) is 3. The van der Waals surface area contributed by atoms with Gasteiger partial charge in [0.1, 0.15) is 0 Å². The number of benzene rings is 1. The molecule has 1 aromatic rings. The molecule has 26 heavy (non-hydrogen) atoms. The predicted octanol–water partition coefficient (Wildman–Crippen LogP) is 2.49. The maximum Gasteiger partial charge on any atom is 0.251 e. The lowest BCUT2D eigenvalue weighted by molar-refractivity contribution is -0.129. The summed E-state index contributed by atoms with van der Waals surface area (Å²) in [7, 11) is 0. The minimum Gasteiger partial charge on any atom is -0.352 e. The largest absolute Gasteiger partial charge is 0.352 e. The quantitative estimate of drug-likeness (QED) is 0.324. The van der Waals surface area contributed by atoms with Crippen molar-refractivity contribution in [3.63, 3.8) is 0 Å². The third kappa shape index (κ3) is 5.29. The summed E-state index contributed by atoms with van der Waals surface area (Å²) in [6.45, 7) is 4.60. The van der Waals surface area contributed by atoms with Crippen LogP contribution in [0.2, 0.25) is 0 Å². The third-order valence-electron chi connectivity index (χ3n) is 4.63. The van der Waals surface area contributed by atoms with Crippen molar-refractivity contribution in [3.05, 3.63) is 29.3 Å². The third-order valence-corrected chi connectivity index (χ3v) is 4.63. The van der Waals surface area contributed by atoms with Crippen molar-refractivity contribution in [3.8, 4) is 0 Å². The van der Waals surface area contributed by atoms with Crippen molar-refractivity contribution >= 4 is 23.4 Å². The summed E-state index contributed by atoms with van der Waals surface area (Å²) in [6, 6.07) is 5.44. The Morgan fingerprint density at radius 2 is 1.92 bits per heavy atom. The van der Waals surface area contributed by atoms with Crippen molar-refractivity contribution in [2.75, 3.05) is 11.9 Å². The molecule has 0 unspecified atom stereocenters. The molecule has 1 aliphatic heterocycles. The van der Waals surface area contributed by atoms with Gasteiger partial charge in [-0.15, -0.1) is 0 Å². The van der Waals surface area contributed by atoms with E-state index >= 15 is 0 Å². The fraction of sp³-hybridized carbons (Fsp3) is 0.526. The van der Waals surface area contributed by atoms with Gasteiger partial charge >= 0.3 is 0 Å².